The second kappa shape index (κ2) is 10.2. The fourth-order valence-electron chi connectivity index (χ4n) is 2.71. The summed E-state index contributed by atoms with van der Waals surface area (Å²) in [6, 6.07) is 16.0. The molecule has 3 aromatic rings. The number of esters is 1. The van der Waals surface area contributed by atoms with Gasteiger partial charge in [-0.1, -0.05) is 29.3 Å². The maximum absolute atomic E-state index is 12.4. The Balaban J connectivity index is 1.67. The lowest BCUT2D eigenvalue weighted by Gasteiger charge is -2.09. The number of benzene rings is 3. The van der Waals surface area contributed by atoms with E-state index in [0.29, 0.717) is 44.0 Å². The van der Waals surface area contributed by atoms with E-state index in [2.05, 4.69) is 0 Å². The lowest BCUT2D eigenvalue weighted by atomic mass is 10.1. The standard InChI is InChI=1S/C24H18Cl2O5/c1-29-22-12-7-17(13-23(22)30-2)24(28)31-19-9-4-16(5-10-19)21(27)11-6-15-3-8-18(25)14-20(15)26/h3-14H,1-2H3. The highest BCUT2D eigenvalue weighted by molar-refractivity contribution is 6.35. The molecule has 31 heavy (non-hydrogen) atoms. The summed E-state index contributed by atoms with van der Waals surface area (Å²) in [5.41, 5.74) is 1.42. The molecule has 5 nitrogen and oxygen atoms in total. The number of ketones is 1. The minimum Gasteiger partial charge on any atom is -0.493 e. The van der Waals surface area contributed by atoms with Crippen LogP contribution in [0.3, 0.4) is 0 Å². The summed E-state index contributed by atoms with van der Waals surface area (Å²) in [6.07, 6.45) is 3.03. The maximum atomic E-state index is 12.4. The summed E-state index contributed by atoms with van der Waals surface area (Å²) < 4.78 is 15.7. The highest BCUT2D eigenvalue weighted by atomic mass is 35.5. The molecule has 0 heterocycles. The lowest BCUT2D eigenvalue weighted by molar-refractivity contribution is 0.0734. The van der Waals surface area contributed by atoms with E-state index < -0.39 is 5.97 Å². The molecule has 7 heteroatoms. The van der Waals surface area contributed by atoms with E-state index in [4.69, 9.17) is 37.4 Å². The summed E-state index contributed by atoms with van der Waals surface area (Å²) in [5.74, 6) is 0.461. The highest BCUT2D eigenvalue weighted by Crippen LogP contribution is 2.28. The fourth-order valence-corrected chi connectivity index (χ4v) is 3.19. The van der Waals surface area contributed by atoms with Gasteiger partial charge in [0.25, 0.3) is 0 Å². The van der Waals surface area contributed by atoms with Gasteiger partial charge in [0, 0.05) is 15.6 Å². The number of hydrogen-bond acceptors (Lipinski definition) is 5. The van der Waals surface area contributed by atoms with E-state index in [0.717, 1.165) is 0 Å². The van der Waals surface area contributed by atoms with Gasteiger partial charge in [-0.3, -0.25) is 4.79 Å². The molecule has 0 aliphatic heterocycles. The van der Waals surface area contributed by atoms with Gasteiger partial charge < -0.3 is 14.2 Å². The van der Waals surface area contributed by atoms with Gasteiger partial charge in [-0.15, -0.1) is 0 Å². The predicted molar refractivity (Wildman–Crippen MR) is 121 cm³/mol. The molecule has 0 aliphatic carbocycles. The average Bonchev–Trinajstić information content (AvgIpc) is 2.78. The number of ether oxygens (including phenoxy) is 3. The number of carbonyl (C=O) groups excluding carboxylic acids is 2. The van der Waals surface area contributed by atoms with Crippen molar-refractivity contribution in [2.24, 2.45) is 0 Å². The second-order valence-electron chi connectivity index (χ2n) is 6.35. The fraction of sp³-hybridized carbons (Fsp3) is 0.0833. The highest BCUT2D eigenvalue weighted by Gasteiger charge is 2.13. The third kappa shape index (κ3) is 5.66. The van der Waals surface area contributed by atoms with Gasteiger partial charge in [0.1, 0.15) is 5.75 Å². The minimum absolute atomic E-state index is 0.219. The number of rotatable bonds is 7. The first kappa shape index (κ1) is 22.4. The van der Waals surface area contributed by atoms with Crippen molar-refractivity contribution >= 4 is 41.0 Å². The Morgan fingerprint density at radius 3 is 2.13 bits per heavy atom. The Bertz CT molecular complexity index is 1140. The van der Waals surface area contributed by atoms with Crippen LogP contribution in [-0.4, -0.2) is 26.0 Å². The molecule has 0 saturated heterocycles. The molecule has 0 unspecified atom stereocenters. The summed E-state index contributed by atoms with van der Waals surface area (Å²) >= 11 is 12.0. The van der Waals surface area contributed by atoms with Crippen LogP contribution in [0.15, 0.2) is 66.7 Å². The zero-order chi connectivity index (χ0) is 22.4. The van der Waals surface area contributed by atoms with Crippen molar-refractivity contribution < 1.29 is 23.8 Å². The van der Waals surface area contributed by atoms with Gasteiger partial charge in [0.15, 0.2) is 17.3 Å². The molecular weight excluding hydrogens is 439 g/mol. The molecule has 0 aliphatic rings. The number of carbonyl (C=O) groups is 2. The van der Waals surface area contributed by atoms with E-state index >= 15 is 0 Å². The van der Waals surface area contributed by atoms with Crippen molar-refractivity contribution in [2.75, 3.05) is 14.2 Å². The van der Waals surface area contributed by atoms with Crippen LogP contribution >= 0.6 is 23.2 Å². The van der Waals surface area contributed by atoms with Crippen LogP contribution in [-0.2, 0) is 0 Å². The first-order valence-electron chi connectivity index (χ1n) is 9.13. The van der Waals surface area contributed by atoms with Gasteiger partial charge in [-0.2, -0.15) is 0 Å². The van der Waals surface area contributed by atoms with Gasteiger partial charge in [-0.05, 0) is 72.3 Å². The van der Waals surface area contributed by atoms with Crippen LogP contribution in [0.2, 0.25) is 10.0 Å². The molecule has 0 spiro atoms. The summed E-state index contributed by atoms with van der Waals surface area (Å²) in [6.45, 7) is 0. The summed E-state index contributed by atoms with van der Waals surface area (Å²) in [4.78, 5) is 24.8. The maximum Gasteiger partial charge on any atom is 0.343 e. The molecular formula is C24H18Cl2O5. The molecule has 0 radical (unpaired) electrons. The van der Waals surface area contributed by atoms with E-state index in [1.807, 2.05) is 0 Å². The van der Waals surface area contributed by atoms with Gasteiger partial charge in [0.05, 0.1) is 19.8 Å². The van der Waals surface area contributed by atoms with Crippen LogP contribution in [0.5, 0.6) is 17.2 Å². The monoisotopic (exact) mass is 456 g/mol. The number of methoxy groups -OCH3 is 2. The largest absolute Gasteiger partial charge is 0.493 e. The van der Waals surface area contributed by atoms with Gasteiger partial charge in [0.2, 0.25) is 0 Å². The van der Waals surface area contributed by atoms with Crippen molar-refractivity contribution in [1.82, 2.24) is 0 Å². The third-order valence-electron chi connectivity index (χ3n) is 4.35. The number of allylic oxidation sites excluding steroid dienone is 1. The van der Waals surface area contributed by atoms with Crippen LogP contribution in [0.25, 0.3) is 6.08 Å². The van der Waals surface area contributed by atoms with Gasteiger partial charge in [-0.25, -0.2) is 4.79 Å². The molecule has 3 aromatic carbocycles. The Morgan fingerprint density at radius 2 is 1.48 bits per heavy atom. The quantitative estimate of drug-likeness (QED) is 0.185. The lowest BCUT2D eigenvalue weighted by Crippen LogP contribution is -2.09. The summed E-state index contributed by atoms with van der Waals surface area (Å²) in [5, 5.41) is 0.973. The molecule has 0 aromatic heterocycles. The molecule has 0 fully saturated rings. The molecule has 158 valence electrons. The number of hydrogen-bond donors (Lipinski definition) is 0. The zero-order valence-corrected chi connectivity index (χ0v) is 18.2. The SMILES string of the molecule is COc1ccc(C(=O)Oc2ccc(C(=O)C=Cc3ccc(Cl)cc3Cl)cc2)cc1OC. The van der Waals surface area contributed by atoms with Crippen molar-refractivity contribution in [3.8, 4) is 17.2 Å². The summed E-state index contributed by atoms with van der Waals surface area (Å²) in [7, 11) is 3.00. The third-order valence-corrected chi connectivity index (χ3v) is 4.91. The Kier molecular flexibility index (Phi) is 7.34. The molecule has 3 rings (SSSR count). The van der Waals surface area contributed by atoms with E-state index in [1.165, 1.54) is 26.4 Å². The molecule has 0 N–H and O–H groups in total. The average molecular weight is 457 g/mol. The molecule has 0 atom stereocenters. The first-order valence-corrected chi connectivity index (χ1v) is 9.88. The molecule has 0 saturated carbocycles. The minimum atomic E-state index is -0.558. The topological polar surface area (TPSA) is 61.8 Å². The van der Waals surface area contributed by atoms with Crippen molar-refractivity contribution in [3.05, 3.63) is 93.5 Å². The number of halogens is 2. The Morgan fingerprint density at radius 1 is 0.806 bits per heavy atom. The van der Waals surface area contributed by atoms with Crippen LogP contribution in [0, 0.1) is 0 Å². The Hall–Kier alpha value is -3.28. The zero-order valence-electron chi connectivity index (χ0n) is 16.7. The van der Waals surface area contributed by atoms with Crippen LogP contribution < -0.4 is 14.2 Å². The second-order valence-corrected chi connectivity index (χ2v) is 7.19. The van der Waals surface area contributed by atoms with Crippen molar-refractivity contribution in [1.29, 1.82) is 0 Å². The van der Waals surface area contributed by atoms with Crippen LogP contribution in [0.4, 0.5) is 0 Å². The van der Waals surface area contributed by atoms with Crippen molar-refractivity contribution in [2.45, 2.75) is 0 Å². The molecule has 0 bridgehead atoms. The van der Waals surface area contributed by atoms with E-state index in [9.17, 15) is 9.59 Å². The predicted octanol–water partition coefficient (Wildman–Crippen LogP) is 6.13. The van der Waals surface area contributed by atoms with Gasteiger partial charge >= 0.3 is 5.97 Å². The normalized spacial score (nSPS) is 10.7. The van der Waals surface area contributed by atoms with E-state index in [1.54, 1.807) is 60.7 Å². The molecule has 0 amide bonds. The van der Waals surface area contributed by atoms with Crippen molar-refractivity contribution in [3.63, 3.8) is 0 Å². The van der Waals surface area contributed by atoms with Crippen LogP contribution in [0.1, 0.15) is 26.3 Å². The van der Waals surface area contributed by atoms with E-state index in [-0.39, 0.29) is 5.78 Å². The Labute approximate surface area is 189 Å². The smallest absolute Gasteiger partial charge is 0.343 e. The first-order chi connectivity index (χ1) is 14.9.